The maximum absolute atomic E-state index is 12.4. The Balaban J connectivity index is 1.67. The van der Waals surface area contributed by atoms with Gasteiger partial charge in [0.15, 0.2) is 6.61 Å². The normalized spacial score (nSPS) is 10.5. The third-order valence-electron chi connectivity index (χ3n) is 4.93. The Kier molecular flexibility index (Phi) is 6.38. The van der Waals surface area contributed by atoms with Gasteiger partial charge < -0.3 is 19.0 Å². The molecule has 0 bridgehead atoms. The highest BCUT2D eigenvalue weighted by molar-refractivity contribution is 5.93. The lowest BCUT2D eigenvalue weighted by atomic mass is 10.1. The first-order valence-corrected chi connectivity index (χ1v) is 9.52. The van der Waals surface area contributed by atoms with Crippen molar-refractivity contribution in [3.63, 3.8) is 0 Å². The number of carbonyl (C=O) groups excluding carboxylic acids is 2. The molecule has 1 N–H and O–H groups in total. The number of aryl methyl sites for hydroxylation is 1. The lowest BCUT2D eigenvalue weighted by molar-refractivity contribution is -0.146. The van der Waals surface area contributed by atoms with E-state index in [9.17, 15) is 14.9 Å². The Labute approximate surface area is 174 Å². The number of nitrogens with one attached hydrogen (secondary N) is 1. The van der Waals surface area contributed by atoms with Crippen molar-refractivity contribution in [1.82, 2.24) is 4.57 Å². The first-order chi connectivity index (χ1) is 14.4. The Morgan fingerprint density at radius 2 is 1.90 bits per heavy atom. The van der Waals surface area contributed by atoms with E-state index < -0.39 is 18.5 Å². The lowest BCUT2D eigenvalue weighted by Crippen LogP contribution is -2.23. The Morgan fingerprint density at radius 1 is 1.17 bits per heavy atom. The summed E-state index contributed by atoms with van der Waals surface area (Å²) < 4.78 is 12.3. The van der Waals surface area contributed by atoms with Gasteiger partial charge in [-0.25, -0.2) is 0 Å². The van der Waals surface area contributed by atoms with Crippen LogP contribution in [-0.2, 0) is 27.3 Å². The Hall–Kier alpha value is -3.79. The van der Waals surface area contributed by atoms with Gasteiger partial charge in [-0.05, 0) is 44.0 Å². The molecule has 1 aromatic carbocycles. The van der Waals surface area contributed by atoms with Gasteiger partial charge in [0.25, 0.3) is 5.91 Å². The molecule has 2 heterocycles. The topological polar surface area (TPSA) is 97.3 Å². The summed E-state index contributed by atoms with van der Waals surface area (Å²) in [4.78, 5) is 24.5. The molecule has 0 saturated heterocycles. The zero-order chi connectivity index (χ0) is 21.7. The van der Waals surface area contributed by atoms with Crippen LogP contribution in [0.1, 0.15) is 33.7 Å². The summed E-state index contributed by atoms with van der Waals surface area (Å²) in [6, 6.07) is 13.3. The van der Waals surface area contributed by atoms with E-state index >= 15 is 0 Å². The molecular formula is C23H23N3O4. The number of hydrogen-bond acceptors (Lipinski definition) is 5. The van der Waals surface area contributed by atoms with Gasteiger partial charge in [-0.1, -0.05) is 29.8 Å². The number of nitrogens with zero attached hydrogens (tertiary/aromatic N) is 2. The fraction of sp³-hybridized carbons (Fsp3) is 0.261. The van der Waals surface area contributed by atoms with Crippen molar-refractivity contribution in [3.05, 3.63) is 76.4 Å². The van der Waals surface area contributed by atoms with Crippen LogP contribution in [0.2, 0.25) is 0 Å². The van der Waals surface area contributed by atoms with Crippen molar-refractivity contribution < 1.29 is 18.7 Å². The minimum absolute atomic E-state index is 0.0874. The van der Waals surface area contributed by atoms with Gasteiger partial charge in [-0.3, -0.25) is 9.59 Å². The van der Waals surface area contributed by atoms with Gasteiger partial charge in [-0.15, -0.1) is 0 Å². The molecule has 30 heavy (non-hydrogen) atoms. The second kappa shape index (κ2) is 9.14. The van der Waals surface area contributed by atoms with E-state index in [-0.39, 0.29) is 6.42 Å². The van der Waals surface area contributed by atoms with Crippen molar-refractivity contribution in [2.24, 2.45) is 0 Å². The number of benzene rings is 1. The predicted octanol–water partition coefficient (Wildman–Crippen LogP) is 3.65. The number of esters is 1. The molecule has 0 radical (unpaired) electrons. The van der Waals surface area contributed by atoms with Crippen molar-refractivity contribution >= 4 is 17.7 Å². The van der Waals surface area contributed by atoms with E-state index in [2.05, 4.69) is 11.4 Å². The molecule has 7 nitrogen and oxygen atoms in total. The van der Waals surface area contributed by atoms with Gasteiger partial charge in [0.2, 0.25) is 0 Å². The molecule has 0 spiro atoms. The second-order valence-corrected chi connectivity index (χ2v) is 7.08. The quantitative estimate of drug-likeness (QED) is 0.605. The highest BCUT2D eigenvalue weighted by atomic mass is 16.5. The summed E-state index contributed by atoms with van der Waals surface area (Å²) in [6.07, 6.45) is 1.65. The minimum atomic E-state index is -0.512. The van der Waals surface area contributed by atoms with Crippen LogP contribution in [0.25, 0.3) is 0 Å². The number of rotatable bonds is 7. The number of furan rings is 1. The average molecular weight is 405 g/mol. The van der Waals surface area contributed by atoms with Crippen LogP contribution in [0, 0.1) is 32.1 Å². The molecule has 0 unspecified atom stereocenters. The highest BCUT2D eigenvalue weighted by Crippen LogP contribution is 2.27. The number of nitriles is 1. The summed E-state index contributed by atoms with van der Waals surface area (Å²) in [5.74, 6) is 0.0517. The van der Waals surface area contributed by atoms with E-state index in [1.54, 1.807) is 16.9 Å². The molecule has 0 aliphatic heterocycles. The van der Waals surface area contributed by atoms with Gasteiger partial charge >= 0.3 is 5.97 Å². The summed E-state index contributed by atoms with van der Waals surface area (Å²) in [5.41, 5.74) is 3.91. The third kappa shape index (κ3) is 4.78. The zero-order valence-electron chi connectivity index (χ0n) is 17.2. The molecule has 0 fully saturated rings. The van der Waals surface area contributed by atoms with E-state index in [0.717, 1.165) is 22.4 Å². The highest BCUT2D eigenvalue weighted by Gasteiger charge is 2.21. The van der Waals surface area contributed by atoms with Gasteiger partial charge in [0, 0.05) is 5.69 Å². The summed E-state index contributed by atoms with van der Waals surface area (Å²) in [6.45, 7) is 5.59. The zero-order valence-corrected chi connectivity index (χ0v) is 17.2. The van der Waals surface area contributed by atoms with E-state index in [0.29, 0.717) is 23.7 Å². The van der Waals surface area contributed by atoms with Crippen LogP contribution >= 0.6 is 0 Å². The monoisotopic (exact) mass is 405 g/mol. The molecule has 1 amide bonds. The lowest BCUT2D eigenvalue weighted by Gasteiger charge is -2.12. The number of aromatic nitrogens is 1. The third-order valence-corrected chi connectivity index (χ3v) is 4.93. The number of carbonyl (C=O) groups is 2. The summed E-state index contributed by atoms with van der Waals surface area (Å²) in [5, 5.41) is 12.3. The number of anilines is 1. The first kappa shape index (κ1) is 20.9. The molecule has 154 valence electrons. The average Bonchev–Trinajstić information content (AvgIpc) is 3.31. The first-order valence-electron chi connectivity index (χ1n) is 9.52. The Morgan fingerprint density at radius 3 is 2.53 bits per heavy atom. The maximum Gasteiger partial charge on any atom is 0.310 e. The molecule has 0 aliphatic rings. The molecule has 2 aromatic heterocycles. The number of hydrogen-bond donors (Lipinski definition) is 1. The predicted molar refractivity (Wildman–Crippen MR) is 111 cm³/mol. The molecular weight excluding hydrogens is 382 g/mol. The second-order valence-electron chi connectivity index (χ2n) is 7.08. The van der Waals surface area contributed by atoms with Crippen LogP contribution in [0.15, 0.2) is 47.1 Å². The van der Waals surface area contributed by atoms with Crippen molar-refractivity contribution in [2.75, 3.05) is 11.9 Å². The smallest absolute Gasteiger partial charge is 0.310 e. The van der Waals surface area contributed by atoms with Crippen molar-refractivity contribution in [1.29, 1.82) is 5.26 Å². The van der Waals surface area contributed by atoms with Gasteiger partial charge in [-0.2, -0.15) is 5.26 Å². The molecule has 3 aromatic rings. The Bertz CT molecular complexity index is 1090. The number of ether oxygens (including phenoxy) is 1. The van der Waals surface area contributed by atoms with Crippen LogP contribution in [0.3, 0.4) is 0 Å². The van der Waals surface area contributed by atoms with E-state index in [1.807, 2.05) is 51.1 Å². The van der Waals surface area contributed by atoms with Gasteiger partial charge in [0.1, 0.15) is 17.6 Å². The molecule has 3 rings (SSSR count). The van der Waals surface area contributed by atoms with Crippen LogP contribution in [0.4, 0.5) is 5.82 Å². The molecule has 7 heteroatoms. The standard InChI is InChI=1S/C23H23N3O4/c1-15-6-8-18(9-7-15)11-22(28)30-14-21(27)25-23-20(12-24)16(2)17(3)26(23)13-19-5-4-10-29-19/h4-10H,11,13-14H2,1-3H3,(H,25,27). The molecule has 0 saturated carbocycles. The molecule has 0 aliphatic carbocycles. The fourth-order valence-corrected chi connectivity index (χ4v) is 3.12. The summed E-state index contributed by atoms with van der Waals surface area (Å²) in [7, 11) is 0. The fourth-order valence-electron chi connectivity index (χ4n) is 3.12. The van der Waals surface area contributed by atoms with E-state index in [4.69, 9.17) is 9.15 Å². The largest absolute Gasteiger partial charge is 0.467 e. The van der Waals surface area contributed by atoms with Crippen LogP contribution in [0.5, 0.6) is 0 Å². The summed E-state index contributed by atoms with van der Waals surface area (Å²) >= 11 is 0. The van der Waals surface area contributed by atoms with E-state index in [1.165, 1.54) is 0 Å². The maximum atomic E-state index is 12.4. The van der Waals surface area contributed by atoms with Crippen molar-refractivity contribution in [2.45, 2.75) is 33.7 Å². The SMILES string of the molecule is Cc1ccc(CC(=O)OCC(=O)Nc2c(C#N)c(C)c(C)n2Cc2ccco2)cc1. The molecule has 0 atom stereocenters. The number of amides is 1. The van der Waals surface area contributed by atoms with Crippen molar-refractivity contribution in [3.8, 4) is 6.07 Å². The van der Waals surface area contributed by atoms with Crippen LogP contribution in [-0.4, -0.2) is 23.1 Å². The van der Waals surface area contributed by atoms with Crippen LogP contribution < -0.4 is 5.32 Å². The van der Waals surface area contributed by atoms with Gasteiger partial charge in [0.05, 0.1) is 24.8 Å². The minimum Gasteiger partial charge on any atom is -0.467 e.